The Labute approximate surface area is 264 Å². The molecule has 0 aliphatic rings. The monoisotopic (exact) mass is 640 g/mol. The first-order valence-electron chi connectivity index (χ1n) is 14.2. The topological polar surface area (TPSA) is 200 Å². The molecule has 0 fully saturated rings. The Balaban J connectivity index is 2.17. The molecule has 0 amide bonds. The quantitative estimate of drug-likeness (QED) is 0.153. The van der Waals surface area contributed by atoms with Gasteiger partial charge >= 0.3 is 35.8 Å². The number of ether oxygens (including phenoxy) is 5. The Kier molecular flexibility index (Phi) is 12.7. The van der Waals surface area contributed by atoms with Gasteiger partial charge in [0.1, 0.15) is 18.0 Å². The van der Waals surface area contributed by atoms with Crippen LogP contribution in [0.1, 0.15) is 73.0 Å². The molecule has 0 radical (unpaired) electrons. The first kappa shape index (κ1) is 35.1. The molecule has 0 aliphatic heterocycles. The highest BCUT2D eigenvalue weighted by Crippen LogP contribution is 2.30. The van der Waals surface area contributed by atoms with E-state index < -0.39 is 35.8 Å². The van der Waals surface area contributed by atoms with Crippen LogP contribution in [-0.2, 0) is 81.6 Å². The molecule has 1 aromatic carbocycles. The van der Waals surface area contributed by atoms with Gasteiger partial charge in [-0.25, -0.2) is 9.59 Å². The van der Waals surface area contributed by atoms with Crippen molar-refractivity contribution in [2.24, 2.45) is 0 Å². The number of benzene rings is 1. The Morgan fingerprint density at radius 1 is 0.630 bits per heavy atom. The molecule has 0 saturated carbocycles. The predicted molar refractivity (Wildman–Crippen MR) is 159 cm³/mol. The first-order valence-corrected chi connectivity index (χ1v) is 14.2. The van der Waals surface area contributed by atoms with Crippen LogP contribution in [0.15, 0.2) is 30.3 Å². The Morgan fingerprint density at radius 3 is 1.67 bits per heavy atom. The number of carboxylic acids is 1. The van der Waals surface area contributed by atoms with Crippen LogP contribution in [0, 0.1) is 0 Å². The number of H-pyrrole nitrogens is 2. The molecule has 3 rings (SSSR count). The van der Waals surface area contributed by atoms with Crippen molar-refractivity contribution < 1.29 is 57.6 Å². The molecule has 246 valence electrons. The van der Waals surface area contributed by atoms with Crippen LogP contribution in [-0.4, -0.2) is 79.3 Å². The molecule has 0 saturated heterocycles. The molecule has 46 heavy (non-hydrogen) atoms. The maximum Gasteiger partial charge on any atom is 0.355 e. The number of carbonyl (C=O) groups excluding carboxylic acids is 5. The lowest BCUT2D eigenvalue weighted by atomic mass is 9.96. The summed E-state index contributed by atoms with van der Waals surface area (Å²) in [7, 11) is 4.80. The summed E-state index contributed by atoms with van der Waals surface area (Å²) in [5, 5.41) is 9.98. The third kappa shape index (κ3) is 9.06. The zero-order valence-corrected chi connectivity index (χ0v) is 26.0. The lowest BCUT2D eigenvalue weighted by Gasteiger charge is -2.10. The number of aromatic carboxylic acids is 1. The van der Waals surface area contributed by atoms with Crippen molar-refractivity contribution >= 4 is 35.8 Å². The van der Waals surface area contributed by atoms with Gasteiger partial charge < -0.3 is 38.8 Å². The summed E-state index contributed by atoms with van der Waals surface area (Å²) in [6.45, 7) is -0.0609. The summed E-state index contributed by atoms with van der Waals surface area (Å²) in [6, 6.07) is 8.94. The minimum atomic E-state index is -1.33. The average Bonchev–Trinajstić information content (AvgIpc) is 3.58. The molecule has 3 N–H and O–H groups in total. The maximum atomic E-state index is 13.4. The van der Waals surface area contributed by atoms with Gasteiger partial charge in [0.2, 0.25) is 0 Å². The molecule has 0 atom stereocenters. The van der Waals surface area contributed by atoms with Gasteiger partial charge in [0.05, 0.1) is 41.3 Å². The Hall–Kier alpha value is -5.40. The molecular weight excluding hydrogens is 604 g/mol. The number of esters is 5. The van der Waals surface area contributed by atoms with Crippen molar-refractivity contribution in [1.29, 1.82) is 0 Å². The Morgan fingerprint density at radius 2 is 1.13 bits per heavy atom. The van der Waals surface area contributed by atoms with Crippen molar-refractivity contribution in [2.45, 2.75) is 51.6 Å². The largest absolute Gasteiger partial charge is 0.477 e. The van der Waals surface area contributed by atoms with Crippen molar-refractivity contribution in [3.8, 4) is 0 Å². The van der Waals surface area contributed by atoms with Crippen LogP contribution < -0.4 is 0 Å². The van der Waals surface area contributed by atoms with Crippen molar-refractivity contribution in [3.05, 3.63) is 80.9 Å². The number of nitrogens with one attached hydrogen (secondary N) is 2. The molecule has 0 bridgehead atoms. The van der Waals surface area contributed by atoms with Gasteiger partial charge in [-0.1, -0.05) is 30.3 Å². The second kappa shape index (κ2) is 16.6. The first-order chi connectivity index (χ1) is 22.0. The molecule has 14 nitrogen and oxygen atoms in total. The van der Waals surface area contributed by atoms with Crippen LogP contribution >= 0.6 is 0 Å². The highest BCUT2D eigenvalue weighted by Gasteiger charge is 2.29. The number of rotatable bonds is 16. The maximum absolute atomic E-state index is 13.4. The van der Waals surface area contributed by atoms with Crippen LogP contribution in [0.5, 0.6) is 0 Å². The van der Waals surface area contributed by atoms with E-state index in [1.54, 1.807) is 24.3 Å². The van der Waals surface area contributed by atoms with Gasteiger partial charge in [-0.15, -0.1) is 0 Å². The van der Waals surface area contributed by atoms with E-state index in [-0.39, 0.29) is 85.3 Å². The fourth-order valence-electron chi connectivity index (χ4n) is 4.98. The van der Waals surface area contributed by atoms with Gasteiger partial charge in [0.15, 0.2) is 0 Å². The van der Waals surface area contributed by atoms with E-state index in [0.717, 1.165) is 5.56 Å². The van der Waals surface area contributed by atoms with Crippen molar-refractivity contribution in [3.63, 3.8) is 0 Å². The summed E-state index contributed by atoms with van der Waals surface area (Å²) < 4.78 is 24.8. The lowest BCUT2D eigenvalue weighted by Crippen LogP contribution is -2.13. The molecular formula is C32H36N2O12. The number of carboxylic acid groups (broad SMARTS) is 1. The predicted octanol–water partition coefficient (Wildman–Crippen LogP) is 2.63. The number of carbonyl (C=O) groups is 6. The molecule has 2 aromatic heterocycles. The second-order valence-corrected chi connectivity index (χ2v) is 10.1. The zero-order chi connectivity index (χ0) is 33.8. The standard InChI is InChI=1S/C32H36N2O12/c1-42-25(35)12-10-19-22(15-28(38)45-4)30(32(41)46-17-18-8-6-5-7-9-18)34-23(19)16-24-21(14-27(37)44-3)20(11-13-26(36)43-2)29(33-24)31(39)40/h5-9,33-34H,10-17H2,1-4H3,(H,39,40). The van der Waals surface area contributed by atoms with E-state index in [4.69, 9.17) is 23.7 Å². The third-order valence-electron chi connectivity index (χ3n) is 7.31. The van der Waals surface area contributed by atoms with Gasteiger partial charge in [-0.2, -0.15) is 0 Å². The van der Waals surface area contributed by atoms with Crippen LogP contribution in [0.2, 0.25) is 0 Å². The zero-order valence-electron chi connectivity index (χ0n) is 26.0. The summed E-state index contributed by atoms with van der Waals surface area (Å²) in [6.07, 6.45) is -1.06. The van der Waals surface area contributed by atoms with Crippen molar-refractivity contribution in [1.82, 2.24) is 9.97 Å². The third-order valence-corrected chi connectivity index (χ3v) is 7.31. The van der Waals surface area contributed by atoms with Crippen LogP contribution in [0.25, 0.3) is 0 Å². The molecule has 0 unspecified atom stereocenters. The minimum absolute atomic E-state index is 0.0326. The normalized spacial score (nSPS) is 10.6. The summed E-state index contributed by atoms with van der Waals surface area (Å²) >= 11 is 0. The number of aromatic amines is 2. The number of hydrogen-bond donors (Lipinski definition) is 3. The summed E-state index contributed by atoms with van der Waals surface area (Å²) in [5.41, 5.74) is 2.18. The van der Waals surface area contributed by atoms with Crippen molar-refractivity contribution in [2.75, 3.05) is 28.4 Å². The fourth-order valence-corrected chi connectivity index (χ4v) is 4.98. The van der Waals surface area contributed by atoms with Crippen LogP contribution in [0.3, 0.4) is 0 Å². The van der Waals surface area contributed by atoms with E-state index in [2.05, 4.69) is 9.97 Å². The van der Waals surface area contributed by atoms with Gasteiger partial charge in [0.25, 0.3) is 0 Å². The second-order valence-electron chi connectivity index (χ2n) is 10.1. The minimum Gasteiger partial charge on any atom is -0.477 e. The highest BCUT2D eigenvalue weighted by molar-refractivity contribution is 5.92. The molecule has 3 aromatic rings. The number of methoxy groups -OCH3 is 4. The summed E-state index contributed by atoms with van der Waals surface area (Å²) in [5.74, 6) is -4.56. The van der Waals surface area contributed by atoms with Gasteiger partial charge in [-0.05, 0) is 40.7 Å². The van der Waals surface area contributed by atoms with Gasteiger partial charge in [0, 0.05) is 30.7 Å². The molecule has 0 aliphatic carbocycles. The van der Waals surface area contributed by atoms with E-state index in [0.29, 0.717) is 11.3 Å². The average molecular weight is 641 g/mol. The molecule has 2 heterocycles. The van der Waals surface area contributed by atoms with E-state index in [9.17, 15) is 33.9 Å². The van der Waals surface area contributed by atoms with Gasteiger partial charge in [-0.3, -0.25) is 19.2 Å². The number of aromatic nitrogens is 2. The van der Waals surface area contributed by atoms with E-state index in [1.165, 1.54) is 28.4 Å². The molecule has 14 heteroatoms. The Bertz CT molecular complexity index is 1590. The smallest absolute Gasteiger partial charge is 0.355 e. The summed E-state index contributed by atoms with van der Waals surface area (Å²) in [4.78, 5) is 80.5. The van der Waals surface area contributed by atoms with E-state index >= 15 is 0 Å². The lowest BCUT2D eigenvalue weighted by molar-refractivity contribution is -0.141. The SMILES string of the molecule is COC(=O)CCc1c(Cc2[nH]c(C(=O)O)c(CCC(=O)OC)c2CC(=O)OC)[nH]c(C(=O)OCc2ccccc2)c1CC(=O)OC. The van der Waals surface area contributed by atoms with Crippen LogP contribution in [0.4, 0.5) is 0 Å². The van der Waals surface area contributed by atoms with E-state index in [1.807, 2.05) is 6.07 Å². The fraction of sp³-hybridized carbons (Fsp3) is 0.375. The number of hydrogen-bond acceptors (Lipinski definition) is 11. The molecule has 0 spiro atoms. The highest BCUT2D eigenvalue weighted by atomic mass is 16.5.